The van der Waals surface area contributed by atoms with E-state index in [1.54, 1.807) is 6.07 Å². The van der Waals surface area contributed by atoms with Crippen molar-refractivity contribution in [2.24, 2.45) is 0 Å². The van der Waals surface area contributed by atoms with Gasteiger partial charge in [0.1, 0.15) is 11.1 Å². The van der Waals surface area contributed by atoms with Crippen LogP contribution in [0, 0.1) is 13.8 Å². The largest absolute Gasteiger partial charge is 0.477 e. The average Bonchev–Trinajstić information content (AvgIpc) is 2.80. The topological polar surface area (TPSA) is 96.2 Å². The standard InChI is InChI=1S/C15H12N2O4/c1-7-3-4-10-9(5-7)6-11(21-10)13-16-8(2)12(15(19)20)14(18)17-13/h3-6H,1-2H3,(H,19,20)(H,16,17,18). The maximum absolute atomic E-state index is 11.8. The lowest BCUT2D eigenvalue weighted by atomic mass is 10.2. The second kappa shape index (κ2) is 4.59. The fourth-order valence-electron chi connectivity index (χ4n) is 2.23. The Bertz CT molecular complexity index is 921. The number of aryl methyl sites for hydroxylation is 2. The highest BCUT2D eigenvalue weighted by Gasteiger charge is 2.17. The molecule has 0 atom stereocenters. The van der Waals surface area contributed by atoms with Crippen molar-refractivity contribution in [1.82, 2.24) is 9.97 Å². The summed E-state index contributed by atoms with van der Waals surface area (Å²) >= 11 is 0. The number of benzene rings is 1. The van der Waals surface area contributed by atoms with Gasteiger partial charge >= 0.3 is 5.97 Å². The van der Waals surface area contributed by atoms with Gasteiger partial charge in [-0.1, -0.05) is 11.6 Å². The first-order valence-electron chi connectivity index (χ1n) is 6.30. The number of aromatic carboxylic acids is 1. The Morgan fingerprint density at radius 1 is 1.29 bits per heavy atom. The van der Waals surface area contributed by atoms with E-state index in [-0.39, 0.29) is 17.1 Å². The zero-order chi connectivity index (χ0) is 15.1. The lowest BCUT2D eigenvalue weighted by molar-refractivity contribution is 0.0693. The number of carboxylic acids is 1. The van der Waals surface area contributed by atoms with Gasteiger partial charge in [-0.15, -0.1) is 0 Å². The van der Waals surface area contributed by atoms with Crippen LogP contribution in [0.5, 0.6) is 0 Å². The Hall–Kier alpha value is -2.89. The van der Waals surface area contributed by atoms with Crippen LogP contribution in [-0.2, 0) is 0 Å². The van der Waals surface area contributed by atoms with Crippen LogP contribution in [0.2, 0.25) is 0 Å². The van der Waals surface area contributed by atoms with E-state index in [1.165, 1.54) is 6.92 Å². The van der Waals surface area contributed by atoms with Gasteiger partial charge in [0.25, 0.3) is 5.56 Å². The maximum Gasteiger partial charge on any atom is 0.343 e. The molecule has 2 aromatic heterocycles. The molecule has 0 bridgehead atoms. The normalized spacial score (nSPS) is 11.0. The molecule has 2 heterocycles. The van der Waals surface area contributed by atoms with Crippen molar-refractivity contribution in [3.8, 4) is 11.6 Å². The highest BCUT2D eigenvalue weighted by Crippen LogP contribution is 2.26. The highest BCUT2D eigenvalue weighted by atomic mass is 16.4. The molecule has 0 spiro atoms. The summed E-state index contributed by atoms with van der Waals surface area (Å²) in [5.74, 6) is -0.683. The molecule has 0 saturated carbocycles. The van der Waals surface area contributed by atoms with Crippen molar-refractivity contribution in [3.63, 3.8) is 0 Å². The molecular formula is C15H12N2O4. The van der Waals surface area contributed by atoms with E-state index in [0.717, 1.165) is 10.9 Å². The van der Waals surface area contributed by atoms with Crippen molar-refractivity contribution >= 4 is 16.9 Å². The van der Waals surface area contributed by atoms with Gasteiger partial charge in [0.2, 0.25) is 0 Å². The van der Waals surface area contributed by atoms with Gasteiger partial charge in [0.15, 0.2) is 11.6 Å². The van der Waals surface area contributed by atoms with E-state index < -0.39 is 11.5 Å². The summed E-state index contributed by atoms with van der Waals surface area (Å²) in [6.45, 7) is 3.45. The zero-order valence-electron chi connectivity index (χ0n) is 11.4. The minimum Gasteiger partial charge on any atom is -0.477 e. The molecule has 0 saturated heterocycles. The summed E-state index contributed by atoms with van der Waals surface area (Å²) in [6.07, 6.45) is 0. The molecule has 0 aliphatic carbocycles. The van der Waals surface area contributed by atoms with Crippen LogP contribution in [0.3, 0.4) is 0 Å². The van der Waals surface area contributed by atoms with Gasteiger partial charge in [-0.05, 0) is 32.0 Å². The van der Waals surface area contributed by atoms with Crippen molar-refractivity contribution < 1.29 is 14.3 Å². The molecule has 0 amide bonds. The molecule has 6 heteroatoms. The minimum absolute atomic E-state index is 0.151. The number of aromatic nitrogens is 2. The SMILES string of the molecule is Cc1ccc2oc(-c3nc(C)c(C(=O)O)c(=O)[nH]3)cc2c1. The first-order chi connectivity index (χ1) is 9.95. The number of carbonyl (C=O) groups is 1. The molecule has 3 rings (SSSR count). The number of carboxylic acid groups (broad SMARTS) is 1. The van der Waals surface area contributed by atoms with Crippen molar-refractivity contribution in [1.29, 1.82) is 0 Å². The third-order valence-corrected chi connectivity index (χ3v) is 3.22. The molecule has 2 N–H and O–H groups in total. The lowest BCUT2D eigenvalue weighted by Gasteiger charge is -2.01. The van der Waals surface area contributed by atoms with Gasteiger partial charge in [-0.25, -0.2) is 9.78 Å². The molecule has 6 nitrogen and oxygen atoms in total. The summed E-state index contributed by atoms with van der Waals surface area (Å²) in [6, 6.07) is 7.48. The number of hydrogen-bond acceptors (Lipinski definition) is 4. The summed E-state index contributed by atoms with van der Waals surface area (Å²) in [7, 11) is 0. The summed E-state index contributed by atoms with van der Waals surface area (Å²) in [5.41, 5.74) is 0.872. The van der Waals surface area contributed by atoms with Gasteiger partial charge in [-0.3, -0.25) is 4.79 Å². The summed E-state index contributed by atoms with van der Waals surface area (Å²) in [5, 5.41) is 9.87. The number of fused-ring (bicyclic) bond motifs is 1. The molecular weight excluding hydrogens is 272 g/mol. The molecule has 0 aliphatic heterocycles. The smallest absolute Gasteiger partial charge is 0.343 e. The fourth-order valence-corrected chi connectivity index (χ4v) is 2.23. The van der Waals surface area contributed by atoms with Crippen LogP contribution < -0.4 is 5.56 Å². The predicted octanol–water partition coefficient (Wildman–Crippen LogP) is 2.50. The molecule has 0 aliphatic rings. The van der Waals surface area contributed by atoms with Gasteiger partial charge in [-0.2, -0.15) is 0 Å². The van der Waals surface area contributed by atoms with E-state index >= 15 is 0 Å². The van der Waals surface area contributed by atoms with Crippen LogP contribution >= 0.6 is 0 Å². The van der Waals surface area contributed by atoms with Crippen molar-refractivity contribution in [2.45, 2.75) is 13.8 Å². The first-order valence-corrected chi connectivity index (χ1v) is 6.30. The zero-order valence-corrected chi connectivity index (χ0v) is 11.4. The van der Waals surface area contributed by atoms with E-state index in [2.05, 4.69) is 9.97 Å². The third-order valence-electron chi connectivity index (χ3n) is 3.22. The lowest BCUT2D eigenvalue weighted by Crippen LogP contribution is -2.21. The molecule has 3 aromatic rings. The van der Waals surface area contributed by atoms with Gasteiger partial charge in [0, 0.05) is 5.39 Å². The number of rotatable bonds is 2. The minimum atomic E-state index is -1.30. The van der Waals surface area contributed by atoms with Crippen molar-refractivity contribution in [3.05, 3.63) is 51.4 Å². The Morgan fingerprint density at radius 3 is 2.71 bits per heavy atom. The van der Waals surface area contributed by atoms with Gasteiger partial charge in [0.05, 0.1) is 5.69 Å². The van der Waals surface area contributed by atoms with Crippen molar-refractivity contribution in [2.75, 3.05) is 0 Å². The van der Waals surface area contributed by atoms with E-state index in [9.17, 15) is 9.59 Å². The summed E-state index contributed by atoms with van der Waals surface area (Å²) in [4.78, 5) is 29.4. The average molecular weight is 284 g/mol. The first kappa shape index (κ1) is 13.1. The van der Waals surface area contributed by atoms with Crippen LogP contribution in [-0.4, -0.2) is 21.0 Å². The molecule has 0 unspecified atom stereocenters. The van der Waals surface area contributed by atoms with Crippen LogP contribution in [0.15, 0.2) is 33.5 Å². The molecule has 0 radical (unpaired) electrons. The van der Waals surface area contributed by atoms with Crippen LogP contribution in [0.25, 0.3) is 22.6 Å². The third kappa shape index (κ3) is 2.20. The molecule has 0 fully saturated rings. The molecule has 21 heavy (non-hydrogen) atoms. The Morgan fingerprint density at radius 2 is 2.05 bits per heavy atom. The van der Waals surface area contributed by atoms with Crippen LogP contribution in [0.4, 0.5) is 0 Å². The predicted molar refractivity (Wildman–Crippen MR) is 76.5 cm³/mol. The maximum atomic E-state index is 11.8. The number of aromatic amines is 1. The molecule has 106 valence electrons. The Kier molecular flexibility index (Phi) is 2.86. The summed E-state index contributed by atoms with van der Waals surface area (Å²) < 4.78 is 5.64. The van der Waals surface area contributed by atoms with E-state index in [0.29, 0.717) is 11.3 Å². The highest BCUT2D eigenvalue weighted by molar-refractivity contribution is 5.88. The Balaban J connectivity index is 2.19. The van der Waals surface area contributed by atoms with Gasteiger partial charge < -0.3 is 14.5 Å². The number of furan rings is 1. The molecule has 1 aromatic carbocycles. The van der Waals surface area contributed by atoms with Crippen LogP contribution in [0.1, 0.15) is 21.6 Å². The fraction of sp³-hybridized carbons (Fsp3) is 0.133. The number of hydrogen-bond donors (Lipinski definition) is 2. The quantitative estimate of drug-likeness (QED) is 0.753. The second-order valence-corrected chi connectivity index (χ2v) is 4.83. The number of nitrogens with one attached hydrogen (secondary N) is 1. The number of nitrogens with zero attached hydrogens (tertiary/aromatic N) is 1. The van der Waals surface area contributed by atoms with E-state index in [4.69, 9.17) is 9.52 Å². The monoisotopic (exact) mass is 284 g/mol. The van der Waals surface area contributed by atoms with E-state index in [1.807, 2.05) is 25.1 Å². The second-order valence-electron chi connectivity index (χ2n) is 4.83. The Labute approximate surface area is 119 Å². The number of H-pyrrole nitrogens is 1.